The molecule has 0 N–H and O–H groups in total. The number of benzene rings is 3. The second-order valence-electron chi connectivity index (χ2n) is 7.94. The summed E-state index contributed by atoms with van der Waals surface area (Å²) in [6.45, 7) is 4.73. The van der Waals surface area contributed by atoms with Crippen LogP contribution in [0, 0.1) is 13.8 Å². The average Bonchev–Trinajstić information content (AvgIpc) is 3.06. The van der Waals surface area contributed by atoms with Crippen LogP contribution in [0.2, 0.25) is 0 Å². The normalized spacial score (nSPS) is 14.8. The largest absolute Gasteiger partial charge is 0.493 e. The van der Waals surface area contributed by atoms with E-state index in [1.54, 1.807) is 19.3 Å². The number of nitrogens with zero attached hydrogens (tertiary/aromatic N) is 1. The van der Waals surface area contributed by atoms with E-state index >= 15 is 0 Å². The zero-order valence-electron chi connectivity index (χ0n) is 18.8. The third-order valence-electron chi connectivity index (χ3n) is 5.30. The van der Waals surface area contributed by atoms with E-state index in [-0.39, 0.29) is 17.7 Å². The Morgan fingerprint density at radius 3 is 2.39 bits per heavy atom. The summed E-state index contributed by atoms with van der Waals surface area (Å²) in [6, 6.07) is 21.4. The van der Waals surface area contributed by atoms with Crippen LogP contribution in [0.3, 0.4) is 0 Å². The highest BCUT2D eigenvalue weighted by molar-refractivity contribution is 8.18. The van der Waals surface area contributed by atoms with Gasteiger partial charge in [-0.1, -0.05) is 65.7 Å². The molecule has 1 heterocycles. The number of carbonyl (C=O) groups excluding carboxylic acids is 2. The highest BCUT2D eigenvalue weighted by Crippen LogP contribution is 2.35. The van der Waals surface area contributed by atoms with Crippen LogP contribution in [0.4, 0.5) is 4.79 Å². The number of aryl methyl sites for hydroxylation is 2. The molecular weight excluding hydrogens is 434 g/mol. The number of thioether (sulfide) groups is 1. The molecule has 33 heavy (non-hydrogen) atoms. The maximum Gasteiger partial charge on any atom is 0.293 e. The van der Waals surface area contributed by atoms with Crippen molar-refractivity contribution in [3.05, 3.63) is 99.5 Å². The lowest BCUT2D eigenvalue weighted by Gasteiger charge is -2.13. The molecule has 0 unspecified atom stereocenters. The van der Waals surface area contributed by atoms with Gasteiger partial charge in [0.15, 0.2) is 11.5 Å². The quantitative estimate of drug-likeness (QED) is 0.398. The standard InChI is InChI=1S/C27H25NO4S/c1-18-7-9-20(10-8-18)16-28-26(29)25(33-27(28)30)15-21-11-12-23(24(14-21)31-3)32-17-22-6-4-5-19(2)13-22/h4-15H,16-17H2,1-3H3. The highest BCUT2D eigenvalue weighted by atomic mass is 32.2. The first-order valence-corrected chi connectivity index (χ1v) is 11.4. The minimum absolute atomic E-state index is 0.261. The minimum atomic E-state index is -0.288. The van der Waals surface area contributed by atoms with Crippen molar-refractivity contribution in [1.29, 1.82) is 0 Å². The van der Waals surface area contributed by atoms with Crippen molar-refractivity contribution >= 4 is 29.0 Å². The van der Waals surface area contributed by atoms with Crippen molar-refractivity contribution in [2.24, 2.45) is 0 Å². The van der Waals surface area contributed by atoms with E-state index in [2.05, 4.69) is 6.07 Å². The summed E-state index contributed by atoms with van der Waals surface area (Å²) in [6.07, 6.45) is 1.72. The van der Waals surface area contributed by atoms with Gasteiger partial charge in [0.2, 0.25) is 0 Å². The molecule has 0 spiro atoms. The first kappa shape index (κ1) is 22.7. The summed E-state index contributed by atoms with van der Waals surface area (Å²) in [5.41, 5.74) is 5.06. The number of carbonyl (C=O) groups is 2. The van der Waals surface area contributed by atoms with Crippen LogP contribution in [0.25, 0.3) is 6.08 Å². The van der Waals surface area contributed by atoms with Gasteiger partial charge in [-0.25, -0.2) is 0 Å². The molecule has 0 aromatic heterocycles. The van der Waals surface area contributed by atoms with E-state index in [0.717, 1.165) is 34.0 Å². The van der Waals surface area contributed by atoms with Gasteiger partial charge in [-0.05, 0) is 60.5 Å². The Labute approximate surface area is 198 Å². The van der Waals surface area contributed by atoms with Crippen LogP contribution in [-0.2, 0) is 17.9 Å². The topological polar surface area (TPSA) is 55.8 Å². The zero-order valence-corrected chi connectivity index (χ0v) is 19.6. The Balaban J connectivity index is 1.48. The molecule has 1 fully saturated rings. The van der Waals surface area contributed by atoms with Crippen molar-refractivity contribution in [2.45, 2.75) is 27.0 Å². The van der Waals surface area contributed by atoms with Crippen LogP contribution in [0.15, 0.2) is 71.6 Å². The second-order valence-corrected chi connectivity index (χ2v) is 8.93. The van der Waals surface area contributed by atoms with Crippen LogP contribution in [-0.4, -0.2) is 23.2 Å². The molecule has 3 aromatic rings. The monoisotopic (exact) mass is 459 g/mol. The number of methoxy groups -OCH3 is 1. The van der Waals surface area contributed by atoms with Crippen LogP contribution in [0.1, 0.15) is 27.8 Å². The lowest BCUT2D eigenvalue weighted by atomic mass is 10.1. The van der Waals surface area contributed by atoms with E-state index < -0.39 is 0 Å². The molecule has 0 radical (unpaired) electrons. The lowest BCUT2D eigenvalue weighted by Crippen LogP contribution is -2.27. The Morgan fingerprint density at radius 1 is 0.879 bits per heavy atom. The van der Waals surface area contributed by atoms with Gasteiger partial charge in [0.05, 0.1) is 18.6 Å². The first-order chi connectivity index (χ1) is 15.9. The van der Waals surface area contributed by atoms with Gasteiger partial charge in [-0.15, -0.1) is 0 Å². The molecular formula is C27H25NO4S. The average molecular weight is 460 g/mol. The van der Waals surface area contributed by atoms with Crippen molar-refractivity contribution in [3.8, 4) is 11.5 Å². The molecule has 0 aliphatic carbocycles. The van der Waals surface area contributed by atoms with Crippen molar-refractivity contribution in [3.63, 3.8) is 0 Å². The number of rotatable bonds is 7. The van der Waals surface area contributed by atoms with Gasteiger partial charge < -0.3 is 9.47 Å². The molecule has 3 aromatic carbocycles. The molecule has 0 bridgehead atoms. The van der Waals surface area contributed by atoms with E-state index in [9.17, 15) is 9.59 Å². The number of hydrogen-bond acceptors (Lipinski definition) is 5. The molecule has 6 heteroatoms. The van der Waals surface area contributed by atoms with Gasteiger partial charge in [0.1, 0.15) is 6.61 Å². The number of hydrogen-bond donors (Lipinski definition) is 0. The van der Waals surface area contributed by atoms with Crippen molar-refractivity contribution < 1.29 is 19.1 Å². The van der Waals surface area contributed by atoms with Gasteiger partial charge in [-0.2, -0.15) is 0 Å². The van der Waals surface area contributed by atoms with Crippen molar-refractivity contribution in [1.82, 2.24) is 4.90 Å². The van der Waals surface area contributed by atoms with E-state index in [4.69, 9.17) is 9.47 Å². The van der Waals surface area contributed by atoms with E-state index in [1.807, 2.05) is 68.4 Å². The fraction of sp³-hybridized carbons (Fsp3) is 0.185. The van der Waals surface area contributed by atoms with Crippen molar-refractivity contribution in [2.75, 3.05) is 7.11 Å². The zero-order chi connectivity index (χ0) is 23.4. The smallest absolute Gasteiger partial charge is 0.293 e. The molecule has 168 valence electrons. The molecule has 1 aliphatic heterocycles. The predicted molar refractivity (Wildman–Crippen MR) is 131 cm³/mol. The van der Waals surface area contributed by atoms with Gasteiger partial charge in [-0.3, -0.25) is 14.5 Å². The summed E-state index contributed by atoms with van der Waals surface area (Å²) in [5, 5.41) is -0.267. The number of ether oxygens (including phenoxy) is 2. The molecule has 5 nitrogen and oxygen atoms in total. The van der Waals surface area contributed by atoms with E-state index in [0.29, 0.717) is 23.0 Å². The Morgan fingerprint density at radius 2 is 1.67 bits per heavy atom. The molecule has 1 aliphatic rings. The molecule has 4 rings (SSSR count). The summed E-state index contributed by atoms with van der Waals surface area (Å²) >= 11 is 0.952. The SMILES string of the molecule is COc1cc(C=C2SC(=O)N(Cc3ccc(C)cc3)C2=O)ccc1OCc1cccc(C)c1. The second kappa shape index (κ2) is 9.96. The highest BCUT2D eigenvalue weighted by Gasteiger charge is 2.35. The van der Waals surface area contributed by atoms with E-state index in [1.165, 1.54) is 10.5 Å². The van der Waals surface area contributed by atoms with Gasteiger partial charge >= 0.3 is 0 Å². The van der Waals surface area contributed by atoms with Crippen LogP contribution >= 0.6 is 11.8 Å². The van der Waals surface area contributed by atoms with Crippen LogP contribution < -0.4 is 9.47 Å². The molecule has 0 atom stereocenters. The third-order valence-corrected chi connectivity index (χ3v) is 6.20. The maximum absolute atomic E-state index is 12.9. The Hall–Kier alpha value is -3.51. The van der Waals surface area contributed by atoms with Crippen LogP contribution in [0.5, 0.6) is 11.5 Å². The fourth-order valence-corrected chi connectivity index (χ4v) is 4.36. The Kier molecular flexibility index (Phi) is 6.84. The summed E-state index contributed by atoms with van der Waals surface area (Å²) in [5.74, 6) is 0.892. The molecule has 0 saturated carbocycles. The maximum atomic E-state index is 12.9. The summed E-state index contributed by atoms with van der Waals surface area (Å²) in [7, 11) is 1.58. The fourth-order valence-electron chi connectivity index (χ4n) is 3.52. The minimum Gasteiger partial charge on any atom is -0.493 e. The summed E-state index contributed by atoms with van der Waals surface area (Å²) in [4.78, 5) is 27.0. The first-order valence-electron chi connectivity index (χ1n) is 10.6. The molecule has 1 saturated heterocycles. The summed E-state index contributed by atoms with van der Waals surface area (Å²) < 4.78 is 11.4. The van der Waals surface area contributed by atoms with Gasteiger partial charge in [0, 0.05) is 0 Å². The predicted octanol–water partition coefficient (Wildman–Crippen LogP) is 6.13. The Bertz CT molecular complexity index is 1220. The third kappa shape index (κ3) is 5.46. The lowest BCUT2D eigenvalue weighted by molar-refractivity contribution is -0.123. The van der Waals surface area contributed by atoms with Gasteiger partial charge in [0.25, 0.3) is 11.1 Å². The number of amides is 2. The number of imide groups is 1. The molecule has 2 amide bonds.